The fraction of sp³-hybridized carbons (Fsp3) is 0.405. The number of rotatable bonds is 11. The molecule has 0 aliphatic heterocycles. The molecule has 0 aliphatic rings. The van der Waals surface area contributed by atoms with Gasteiger partial charge in [0.15, 0.2) is 6.10 Å². The third-order valence-electron chi connectivity index (χ3n) is 8.39. The van der Waals surface area contributed by atoms with Crippen molar-refractivity contribution in [3.8, 4) is 36.0 Å². The van der Waals surface area contributed by atoms with Crippen LogP contribution in [0, 0.1) is 36.0 Å². The molecule has 520 valence electrons. The highest BCUT2D eigenvalue weighted by molar-refractivity contribution is 6.67. The number of carbonyl (C=O) groups is 10. The Balaban J connectivity index is -0.000000158. The zero-order valence-electron chi connectivity index (χ0n) is 53.5. The van der Waals surface area contributed by atoms with Gasteiger partial charge in [-0.1, -0.05) is 128 Å². The molecule has 20 heteroatoms. The van der Waals surface area contributed by atoms with Crippen LogP contribution in [0.3, 0.4) is 0 Å². The van der Waals surface area contributed by atoms with E-state index in [9.17, 15) is 43.2 Å². The van der Waals surface area contributed by atoms with E-state index in [2.05, 4.69) is 23.7 Å². The zero-order chi connectivity index (χ0) is 69.0. The standard InChI is InChI=1S/C16H20O4.C16H18O4.C12H12O4.C9H14O3.C7H5ClO.C7H10O2.C2H4O.5CH4/c2*1-12(10-11-14(17)20-16(2,3)4)19-15(18)13-8-6-5-7-9-13;1-9(7-8-11(13)14)16-12(15)10-5-3-2-4-6-10;1-7(10)5-6-8(11)12-9(2,3)4;8-7(9)6-4-2-1-3-5-6;1-5-6(8)9-7(2,3)4;1-2-3;;;;;/h5-12H,1-4H3;5-9,12H,1-4H3;2-9H,1H3,(H,13,14);7,10H,1-4H3;1-5H;1H,2-4H3;2H,1H3;5*1H4/b11-10-;;8-7-;;;;;;;;;. The van der Waals surface area contributed by atoms with Crippen LogP contribution in [0.2, 0.25) is 0 Å². The van der Waals surface area contributed by atoms with Gasteiger partial charge in [0, 0.05) is 35.5 Å². The number of aliphatic hydroxyl groups excluding tert-OH is 1. The molecule has 4 aromatic rings. The lowest BCUT2D eigenvalue weighted by Crippen LogP contribution is -2.23. The van der Waals surface area contributed by atoms with E-state index in [1.807, 2.05) is 24.1 Å². The van der Waals surface area contributed by atoms with Crippen LogP contribution in [0.15, 0.2) is 146 Å². The average Bonchev–Trinajstić information content (AvgIpc) is 1.32. The Morgan fingerprint density at radius 1 is 0.457 bits per heavy atom. The Labute approximate surface area is 565 Å². The molecule has 4 aromatic carbocycles. The van der Waals surface area contributed by atoms with E-state index in [-0.39, 0.29) is 37.1 Å². The monoisotopic (exact) mass is 1330 g/mol. The molecule has 4 rings (SSSR count). The Morgan fingerprint density at radius 3 is 0.989 bits per heavy atom. The number of ether oxygens (including phenoxy) is 7. The third kappa shape index (κ3) is 63.9. The van der Waals surface area contributed by atoms with Crippen molar-refractivity contribution in [2.75, 3.05) is 0 Å². The minimum absolute atomic E-state index is 0. The van der Waals surface area contributed by atoms with Gasteiger partial charge >= 0.3 is 47.8 Å². The maximum absolute atomic E-state index is 11.8. The first kappa shape index (κ1) is 101. The van der Waals surface area contributed by atoms with Crippen LogP contribution < -0.4 is 0 Å². The number of aliphatic hydroxyl groups is 1. The minimum atomic E-state index is -1.07. The molecule has 94 heavy (non-hydrogen) atoms. The van der Waals surface area contributed by atoms with Gasteiger partial charge < -0.3 is 48.2 Å². The van der Waals surface area contributed by atoms with Gasteiger partial charge in [-0.25, -0.2) is 38.4 Å². The maximum Gasteiger partial charge on any atom is 0.384 e. The lowest BCUT2D eigenvalue weighted by Gasteiger charge is -2.18. The van der Waals surface area contributed by atoms with Crippen LogP contribution in [0.25, 0.3) is 0 Å². The van der Waals surface area contributed by atoms with Crippen LogP contribution in [0.4, 0.5) is 0 Å². The van der Waals surface area contributed by atoms with Crippen molar-refractivity contribution in [2.24, 2.45) is 0 Å². The molecule has 0 radical (unpaired) electrons. The number of esters is 7. The molecular weight excluding hydrogens is 1230 g/mol. The van der Waals surface area contributed by atoms with E-state index in [0.717, 1.165) is 12.4 Å². The van der Waals surface area contributed by atoms with Gasteiger partial charge in [0.25, 0.3) is 5.24 Å². The van der Waals surface area contributed by atoms with Crippen LogP contribution in [0.5, 0.6) is 0 Å². The molecule has 0 amide bonds. The summed E-state index contributed by atoms with van der Waals surface area (Å²) in [6, 6.07) is 34.5. The van der Waals surface area contributed by atoms with Crippen LogP contribution >= 0.6 is 11.6 Å². The topological polar surface area (TPSA) is 276 Å². The predicted octanol–water partition coefficient (Wildman–Crippen LogP) is 14.7. The number of aliphatic carboxylic acids is 1. The summed E-state index contributed by atoms with van der Waals surface area (Å²) in [5.74, 6) is 6.43. The van der Waals surface area contributed by atoms with E-state index < -0.39 is 99.8 Å². The minimum Gasteiger partial charge on any atom is -0.478 e. The van der Waals surface area contributed by atoms with E-state index in [0.29, 0.717) is 22.3 Å². The van der Waals surface area contributed by atoms with Crippen molar-refractivity contribution < 1.29 is 91.3 Å². The number of aldehydes is 1. The molecule has 0 aliphatic carbocycles. The fourth-order valence-corrected chi connectivity index (χ4v) is 5.23. The Morgan fingerprint density at radius 2 is 0.734 bits per heavy atom. The highest BCUT2D eigenvalue weighted by Gasteiger charge is 2.18. The predicted molar refractivity (Wildman–Crippen MR) is 371 cm³/mol. The summed E-state index contributed by atoms with van der Waals surface area (Å²) in [4.78, 5) is 109. The second-order valence-corrected chi connectivity index (χ2v) is 22.0. The molecule has 0 heterocycles. The molecule has 19 nitrogen and oxygen atoms in total. The summed E-state index contributed by atoms with van der Waals surface area (Å²) < 4.78 is 35.0. The highest BCUT2D eigenvalue weighted by Crippen LogP contribution is 2.11. The Kier molecular flexibility index (Phi) is 57.8. The quantitative estimate of drug-likeness (QED) is 0.0268. The average molecular weight is 1330 g/mol. The van der Waals surface area contributed by atoms with E-state index >= 15 is 0 Å². The van der Waals surface area contributed by atoms with Crippen molar-refractivity contribution in [3.63, 3.8) is 0 Å². The molecule has 0 saturated heterocycles. The first-order valence-electron chi connectivity index (χ1n) is 27.3. The molecule has 4 unspecified atom stereocenters. The van der Waals surface area contributed by atoms with Crippen LogP contribution in [0.1, 0.15) is 196 Å². The highest BCUT2D eigenvalue weighted by atomic mass is 35.5. The lowest BCUT2D eigenvalue weighted by atomic mass is 10.2. The molecule has 2 N–H and O–H groups in total. The summed E-state index contributed by atoms with van der Waals surface area (Å²) in [6.45, 7) is 29.0. The van der Waals surface area contributed by atoms with Crippen molar-refractivity contribution in [3.05, 3.63) is 168 Å². The molecule has 0 saturated carbocycles. The number of carboxylic acid groups (broad SMARTS) is 1. The van der Waals surface area contributed by atoms with Crippen LogP contribution in [-0.2, 0) is 61.9 Å². The van der Waals surface area contributed by atoms with Gasteiger partial charge in [0.05, 0.1) is 16.7 Å². The van der Waals surface area contributed by atoms with Gasteiger partial charge in [0.1, 0.15) is 47.0 Å². The molecular formula is C74H103ClO19. The number of terminal acetylenes is 1. The van der Waals surface area contributed by atoms with Crippen molar-refractivity contribution >= 4 is 70.9 Å². The van der Waals surface area contributed by atoms with Gasteiger partial charge in [-0.15, -0.1) is 6.42 Å². The summed E-state index contributed by atoms with van der Waals surface area (Å²) in [6.07, 6.45) is 7.98. The number of halogens is 1. The zero-order valence-corrected chi connectivity index (χ0v) is 54.3. The fourth-order valence-electron chi connectivity index (χ4n) is 5.11. The number of carboxylic acids is 1. The third-order valence-corrected chi connectivity index (χ3v) is 8.61. The summed E-state index contributed by atoms with van der Waals surface area (Å²) in [5.41, 5.74) is -0.213. The van der Waals surface area contributed by atoms with Gasteiger partial charge in [-0.3, -0.25) is 4.79 Å². The first-order chi connectivity index (χ1) is 41.1. The van der Waals surface area contributed by atoms with Gasteiger partial charge in [-0.05, 0) is 184 Å². The molecule has 0 spiro atoms. The first-order valence-corrected chi connectivity index (χ1v) is 27.6. The number of benzene rings is 4. The summed E-state index contributed by atoms with van der Waals surface area (Å²) in [5, 5.41) is 16.7. The molecule has 0 fully saturated rings. The Hall–Kier alpha value is -9.61. The number of carbonyl (C=O) groups excluding carboxylic acids is 9. The maximum atomic E-state index is 11.8. The van der Waals surface area contributed by atoms with Gasteiger partial charge in [0.2, 0.25) is 0 Å². The smallest absolute Gasteiger partial charge is 0.384 e. The SMILES string of the molecule is C.C.C.C.C.C#CC(=O)OC(C)(C)C.CC(/C=C\C(=O)O)OC(=O)c1ccccc1.CC(/C=C\C(=O)OC(C)(C)C)OC(=O)c1ccccc1.CC(C#CC(=O)OC(C)(C)C)OC(=O)c1ccccc1.CC(O)C#CC(=O)OC(C)(C)C.CC=O.O=C(Cl)c1ccccc1. The van der Waals surface area contributed by atoms with Crippen molar-refractivity contribution in [2.45, 2.75) is 202 Å². The second-order valence-electron chi connectivity index (χ2n) is 21.7. The lowest BCUT2D eigenvalue weighted by molar-refractivity contribution is -0.149. The van der Waals surface area contributed by atoms with Crippen molar-refractivity contribution in [1.29, 1.82) is 0 Å². The van der Waals surface area contributed by atoms with Crippen LogP contribution in [-0.4, -0.2) is 116 Å². The normalized spacial score (nSPS) is 11.0. The van der Waals surface area contributed by atoms with E-state index in [4.69, 9.17) is 66.2 Å². The molecule has 0 aromatic heterocycles. The number of hydrogen-bond acceptors (Lipinski definition) is 18. The van der Waals surface area contributed by atoms with E-state index in [1.54, 1.807) is 207 Å². The summed E-state index contributed by atoms with van der Waals surface area (Å²) in [7, 11) is 0. The molecule has 4 atom stereocenters. The molecule has 0 bridgehead atoms. The second kappa shape index (κ2) is 54.0. The van der Waals surface area contributed by atoms with Gasteiger partial charge in [-0.2, -0.15) is 0 Å². The summed E-state index contributed by atoms with van der Waals surface area (Å²) >= 11 is 5.16. The Bertz CT molecular complexity index is 3060. The van der Waals surface area contributed by atoms with E-state index in [1.165, 1.54) is 32.1 Å². The largest absolute Gasteiger partial charge is 0.478 e. The van der Waals surface area contributed by atoms with Crippen molar-refractivity contribution in [1.82, 2.24) is 0 Å². The number of hydrogen-bond donors (Lipinski definition) is 2.